The van der Waals surface area contributed by atoms with Crippen LogP contribution in [0.3, 0.4) is 0 Å². The highest BCUT2D eigenvalue weighted by Crippen LogP contribution is 2.25. The van der Waals surface area contributed by atoms with Crippen molar-refractivity contribution in [1.82, 2.24) is 15.7 Å². The van der Waals surface area contributed by atoms with Gasteiger partial charge < -0.3 is 10.5 Å². The van der Waals surface area contributed by atoms with E-state index < -0.39 is 0 Å². The number of pyridine rings is 1. The van der Waals surface area contributed by atoms with Crippen molar-refractivity contribution in [2.24, 2.45) is 10.7 Å². The van der Waals surface area contributed by atoms with Crippen LogP contribution in [0.25, 0.3) is 11.3 Å². The first-order valence-corrected chi connectivity index (χ1v) is 10.8. The Morgan fingerprint density at radius 1 is 1.03 bits per heavy atom. The lowest BCUT2D eigenvalue weighted by molar-refractivity contribution is 0.0975. The van der Waals surface area contributed by atoms with Gasteiger partial charge in [-0.15, -0.1) is 0 Å². The molecule has 0 spiro atoms. The molecular weight excluding hydrogens is 416 g/mol. The minimum Gasteiger partial charge on any atom is -0.378 e. The van der Waals surface area contributed by atoms with Crippen LogP contribution >= 0.6 is 0 Å². The molecule has 1 aromatic heterocycles. The minimum atomic E-state index is -0.270. The van der Waals surface area contributed by atoms with Crippen molar-refractivity contribution in [3.63, 3.8) is 0 Å². The number of rotatable bonds is 9. The molecule has 0 aliphatic heterocycles. The van der Waals surface area contributed by atoms with Crippen molar-refractivity contribution in [1.29, 1.82) is 0 Å². The van der Waals surface area contributed by atoms with Gasteiger partial charge in [0.1, 0.15) is 0 Å². The lowest BCUT2D eigenvalue weighted by atomic mass is 9.97. The van der Waals surface area contributed by atoms with E-state index in [4.69, 9.17) is 10.5 Å². The van der Waals surface area contributed by atoms with E-state index in [2.05, 4.69) is 26.1 Å². The summed E-state index contributed by atoms with van der Waals surface area (Å²) in [5, 5.41) is 2.87. The van der Waals surface area contributed by atoms with Gasteiger partial charge in [-0.05, 0) is 55.3 Å². The summed E-state index contributed by atoms with van der Waals surface area (Å²) in [4.78, 5) is 22.1. The first-order chi connectivity index (χ1) is 16.1. The summed E-state index contributed by atoms with van der Waals surface area (Å²) < 4.78 is 5.38. The summed E-state index contributed by atoms with van der Waals surface area (Å²) >= 11 is 0. The van der Waals surface area contributed by atoms with E-state index in [-0.39, 0.29) is 5.91 Å². The fourth-order valence-corrected chi connectivity index (χ4v) is 3.24. The molecular formula is C25H30N6O2. The maximum atomic E-state index is 13.2. The second kappa shape index (κ2) is 12.3. The Morgan fingerprint density at radius 3 is 2.55 bits per heavy atom. The zero-order valence-electron chi connectivity index (χ0n) is 19.0. The Morgan fingerprint density at radius 2 is 1.82 bits per heavy atom. The highest BCUT2D eigenvalue weighted by molar-refractivity contribution is 6.07. The summed E-state index contributed by atoms with van der Waals surface area (Å²) in [6.07, 6.45) is 1.74. The predicted octanol–water partition coefficient (Wildman–Crippen LogP) is 3.04. The highest BCUT2D eigenvalue weighted by Gasteiger charge is 2.15. The number of hydrazine groups is 1. The molecule has 8 nitrogen and oxygen atoms in total. The molecule has 0 unspecified atom stereocenters. The monoisotopic (exact) mass is 446 g/mol. The number of amides is 1. The molecule has 0 aliphatic carbocycles. The van der Waals surface area contributed by atoms with Crippen LogP contribution in [0.2, 0.25) is 0 Å². The van der Waals surface area contributed by atoms with Gasteiger partial charge in [-0.3, -0.25) is 25.9 Å². The Balaban J connectivity index is 1.78. The Bertz CT molecular complexity index is 1070. The second-order valence-corrected chi connectivity index (χ2v) is 7.40. The van der Waals surface area contributed by atoms with Crippen LogP contribution < -0.4 is 21.9 Å². The molecule has 1 heterocycles. The van der Waals surface area contributed by atoms with Gasteiger partial charge in [0, 0.05) is 23.9 Å². The predicted molar refractivity (Wildman–Crippen MR) is 132 cm³/mol. The average Bonchev–Trinajstić information content (AvgIpc) is 2.83. The summed E-state index contributed by atoms with van der Waals surface area (Å²) in [7, 11) is 0. The Kier molecular flexibility index (Phi) is 8.93. The molecule has 33 heavy (non-hydrogen) atoms. The molecule has 1 amide bonds. The van der Waals surface area contributed by atoms with E-state index in [0.717, 1.165) is 28.1 Å². The van der Waals surface area contributed by atoms with Crippen LogP contribution in [0.1, 0.15) is 21.5 Å². The molecule has 8 heteroatoms. The van der Waals surface area contributed by atoms with Crippen LogP contribution in [0.4, 0.5) is 5.69 Å². The van der Waals surface area contributed by atoms with Crippen molar-refractivity contribution in [2.75, 3.05) is 31.7 Å². The fraction of sp³-hybridized carbons (Fsp3) is 0.240. The molecule has 0 atom stereocenters. The van der Waals surface area contributed by atoms with E-state index >= 15 is 0 Å². The van der Waals surface area contributed by atoms with Crippen molar-refractivity contribution < 1.29 is 9.53 Å². The number of aryl methyl sites for hydroxylation is 2. The lowest BCUT2D eigenvalue weighted by Gasteiger charge is -2.16. The van der Waals surface area contributed by atoms with Crippen LogP contribution in [0, 0.1) is 13.8 Å². The standard InChI is InChI=1S/C25H30N6O2/c1-18-16-19(2)22(17-21(18)23-10-6-7-12-27-23)24(32)29-25(28-13-15-33-14-11-26)31-30-20-8-4-3-5-9-20/h3-10,12,16-17,30H,11,13-15,26H2,1-2H3,(H2,28,29,31,32). The number of hydrogen-bond donors (Lipinski definition) is 4. The molecule has 0 saturated carbocycles. The number of carbonyl (C=O) groups excluding carboxylic acids is 1. The largest absolute Gasteiger partial charge is 0.378 e. The summed E-state index contributed by atoms with van der Waals surface area (Å²) in [5.41, 5.74) is 16.5. The number of benzene rings is 2. The molecule has 0 bridgehead atoms. The van der Waals surface area contributed by atoms with Gasteiger partial charge >= 0.3 is 0 Å². The van der Waals surface area contributed by atoms with Gasteiger partial charge in [0.25, 0.3) is 5.91 Å². The minimum absolute atomic E-state index is 0.270. The molecule has 3 aromatic rings. The Labute approximate surface area is 194 Å². The first-order valence-electron chi connectivity index (χ1n) is 10.8. The van der Waals surface area contributed by atoms with E-state index in [1.165, 1.54) is 0 Å². The molecule has 3 rings (SSSR count). The maximum absolute atomic E-state index is 13.2. The van der Waals surface area contributed by atoms with Crippen LogP contribution in [-0.4, -0.2) is 43.2 Å². The summed E-state index contributed by atoms with van der Waals surface area (Å²) in [6.45, 7) is 5.61. The average molecular weight is 447 g/mol. The lowest BCUT2D eigenvalue weighted by Crippen LogP contribution is -2.44. The number of hydrogen-bond acceptors (Lipinski definition) is 6. The number of ether oxygens (including phenoxy) is 1. The van der Waals surface area contributed by atoms with Gasteiger partial charge in [-0.25, -0.2) is 4.99 Å². The summed E-state index contributed by atoms with van der Waals surface area (Å²) in [5.74, 6) is 0.0215. The van der Waals surface area contributed by atoms with Crippen molar-refractivity contribution in [3.05, 3.63) is 83.6 Å². The third kappa shape index (κ3) is 7.13. The third-order valence-corrected chi connectivity index (χ3v) is 4.86. The SMILES string of the molecule is Cc1cc(C)c(-c2ccccn2)cc1C(=O)NC(=NCCOCCN)NNc1ccccc1. The molecule has 0 fully saturated rings. The quantitative estimate of drug-likeness (QED) is 0.174. The first kappa shape index (κ1) is 23.9. The Hall–Kier alpha value is -3.75. The van der Waals surface area contributed by atoms with Gasteiger partial charge in [0.05, 0.1) is 31.1 Å². The number of aliphatic imine (C=N–C) groups is 1. The molecule has 172 valence electrons. The topological polar surface area (TPSA) is 114 Å². The van der Waals surface area contributed by atoms with Crippen LogP contribution in [0.15, 0.2) is 71.9 Å². The zero-order chi connectivity index (χ0) is 23.5. The number of nitrogens with two attached hydrogens (primary N) is 1. The van der Waals surface area contributed by atoms with Gasteiger partial charge in [-0.1, -0.05) is 30.3 Å². The van der Waals surface area contributed by atoms with E-state index in [1.807, 2.05) is 74.5 Å². The van der Waals surface area contributed by atoms with Crippen LogP contribution in [-0.2, 0) is 4.74 Å². The smallest absolute Gasteiger partial charge is 0.258 e. The number of nitrogens with zero attached hydrogens (tertiary/aromatic N) is 2. The van der Waals surface area contributed by atoms with Gasteiger partial charge in [0.2, 0.25) is 5.96 Å². The van der Waals surface area contributed by atoms with Crippen molar-refractivity contribution in [3.8, 4) is 11.3 Å². The van der Waals surface area contributed by atoms with E-state index in [0.29, 0.717) is 37.8 Å². The molecule has 0 aliphatic rings. The summed E-state index contributed by atoms with van der Waals surface area (Å²) in [6, 6.07) is 19.1. The molecule has 5 N–H and O–H groups in total. The van der Waals surface area contributed by atoms with E-state index in [1.54, 1.807) is 6.20 Å². The van der Waals surface area contributed by atoms with Crippen molar-refractivity contribution >= 4 is 17.6 Å². The third-order valence-electron chi connectivity index (χ3n) is 4.86. The second-order valence-electron chi connectivity index (χ2n) is 7.40. The number of nitrogens with one attached hydrogen (secondary N) is 3. The molecule has 0 radical (unpaired) electrons. The zero-order valence-corrected chi connectivity index (χ0v) is 19.0. The van der Waals surface area contributed by atoms with Gasteiger partial charge in [0.15, 0.2) is 0 Å². The molecule has 0 saturated heterocycles. The normalized spacial score (nSPS) is 11.2. The molecule has 2 aromatic carbocycles. The number of aromatic nitrogens is 1. The number of carbonyl (C=O) groups is 1. The van der Waals surface area contributed by atoms with Crippen molar-refractivity contribution in [2.45, 2.75) is 13.8 Å². The van der Waals surface area contributed by atoms with Crippen LogP contribution in [0.5, 0.6) is 0 Å². The number of guanidine groups is 1. The number of para-hydroxylation sites is 1. The number of anilines is 1. The van der Waals surface area contributed by atoms with Gasteiger partial charge in [-0.2, -0.15) is 0 Å². The fourth-order valence-electron chi connectivity index (χ4n) is 3.24. The highest BCUT2D eigenvalue weighted by atomic mass is 16.5. The maximum Gasteiger partial charge on any atom is 0.258 e. The van der Waals surface area contributed by atoms with E-state index in [9.17, 15) is 4.79 Å².